The van der Waals surface area contributed by atoms with E-state index in [1.54, 1.807) is 17.2 Å². The van der Waals surface area contributed by atoms with Crippen molar-refractivity contribution in [1.29, 1.82) is 0 Å². The van der Waals surface area contributed by atoms with Crippen molar-refractivity contribution in [3.8, 4) is 11.3 Å². The predicted molar refractivity (Wildman–Crippen MR) is 136 cm³/mol. The van der Waals surface area contributed by atoms with Crippen LogP contribution >= 0.6 is 0 Å². The number of piperazine rings is 1. The van der Waals surface area contributed by atoms with E-state index in [9.17, 15) is 18.0 Å². The molecule has 0 aliphatic carbocycles. The number of nitrogens with zero attached hydrogens (tertiary/aromatic N) is 6. The monoisotopic (exact) mass is 516 g/mol. The van der Waals surface area contributed by atoms with Crippen molar-refractivity contribution in [3.63, 3.8) is 0 Å². The van der Waals surface area contributed by atoms with Crippen molar-refractivity contribution in [2.75, 3.05) is 26.2 Å². The molecule has 192 valence electrons. The number of benzene rings is 2. The number of aromatic nitrogens is 4. The van der Waals surface area contributed by atoms with Crippen molar-refractivity contribution >= 4 is 22.3 Å². The van der Waals surface area contributed by atoms with Crippen molar-refractivity contribution in [3.05, 3.63) is 96.1 Å². The first kappa shape index (κ1) is 24.1. The van der Waals surface area contributed by atoms with Gasteiger partial charge in [-0.25, -0.2) is 9.50 Å². The molecule has 1 saturated heterocycles. The summed E-state index contributed by atoms with van der Waals surface area (Å²) in [5, 5.41) is 5.92. The molecular formula is C28H23F3N6O. The fourth-order valence-corrected chi connectivity index (χ4v) is 4.80. The first-order valence-corrected chi connectivity index (χ1v) is 12.2. The van der Waals surface area contributed by atoms with E-state index in [1.807, 2.05) is 54.7 Å². The Hall–Kier alpha value is -4.31. The zero-order valence-corrected chi connectivity index (χ0v) is 20.3. The van der Waals surface area contributed by atoms with Crippen LogP contribution in [0.2, 0.25) is 0 Å². The standard InChI is InChI=1S/C28H23F3N6O/c29-28(30,31)25-15-23(22-8-7-20-5-1-2-6-21(20)14-22)33-26-16-24(34-37(25)26)27(38)36-12-10-35(11-13-36)18-19-4-3-9-32-17-19/h1-9,14-17H,10-13,18H2. The number of amides is 1. The third kappa shape index (κ3) is 4.70. The Bertz CT molecular complexity index is 1620. The zero-order chi connectivity index (χ0) is 26.3. The summed E-state index contributed by atoms with van der Waals surface area (Å²) in [4.78, 5) is 25.6. The molecule has 1 fully saturated rings. The Balaban J connectivity index is 1.28. The van der Waals surface area contributed by atoms with Crippen LogP contribution in [0.3, 0.4) is 0 Å². The van der Waals surface area contributed by atoms with E-state index in [-0.39, 0.29) is 17.0 Å². The molecule has 7 nitrogen and oxygen atoms in total. The third-order valence-electron chi connectivity index (χ3n) is 6.77. The van der Waals surface area contributed by atoms with Crippen LogP contribution in [-0.4, -0.2) is 61.5 Å². The normalized spacial score (nSPS) is 14.9. The molecule has 6 rings (SSSR count). The van der Waals surface area contributed by atoms with Crippen LogP contribution in [0.15, 0.2) is 79.1 Å². The Labute approximate surface area is 216 Å². The van der Waals surface area contributed by atoms with E-state index < -0.39 is 17.8 Å². The molecule has 10 heteroatoms. The number of halogens is 3. The summed E-state index contributed by atoms with van der Waals surface area (Å²) in [6.07, 6.45) is -1.15. The molecule has 0 unspecified atom stereocenters. The van der Waals surface area contributed by atoms with E-state index in [2.05, 4.69) is 20.0 Å². The van der Waals surface area contributed by atoms with Gasteiger partial charge in [0, 0.05) is 56.7 Å². The van der Waals surface area contributed by atoms with Crippen molar-refractivity contribution in [2.24, 2.45) is 0 Å². The minimum atomic E-state index is -4.68. The maximum atomic E-state index is 14.1. The molecule has 0 N–H and O–H groups in total. The van der Waals surface area contributed by atoms with Gasteiger partial charge in [0.05, 0.1) is 5.69 Å². The molecule has 1 amide bonds. The highest BCUT2D eigenvalue weighted by atomic mass is 19.4. The molecule has 38 heavy (non-hydrogen) atoms. The highest BCUT2D eigenvalue weighted by Crippen LogP contribution is 2.33. The summed E-state index contributed by atoms with van der Waals surface area (Å²) in [5.74, 6) is -0.406. The largest absolute Gasteiger partial charge is 0.433 e. The lowest BCUT2D eigenvalue weighted by molar-refractivity contribution is -0.142. The molecule has 0 saturated carbocycles. The Morgan fingerprint density at radius 1 is 0.895 bits per heavy atom. The average molecular weight is 517 g/mol. The third-order valence-corrected chi connectivity index (χ3v) is 6.77. The van der Waals surface area contributed by atoms with E-state index in [4.69, 9.17) is 0 Å². The van der Waals surface area contributed by atoms with E-state index in [0.717, 1.165) is 33.5 Å². The number of carbonyl (C=O) groups is 1. The summed E-state index contributed by atoms with van der Waals surface area (Å²) in [5.41, 5.74) is 0.738. The van der Waals surface area contributed by atoms with Gasteiger partial charge in [0.25, 0.3) is 5.91 Å². The van der Waals surface area contributed by atoms with Crippen LogP contribution in [0.4, 0.5) is 13.2 Å². The van der Waals surface area contributed by atoms with Gasteiger partial charge in [0.1, 0.15) is 0 Å². The number of pyridine rings is 1. The number of rotatable bonds is 4. The van der Waals surface area contributed by atoms with Gasteiger partial charge in [-0.15, -0.1) is 0 Å². The van der Waals surface area contributed by atoms with Crippen LogP contribution in [-0.2, 0) is 12.7 Å². The smallest absolute Gasteiger partial charge is 0.335 e. The van der Waals surface area contributed by atoms with Crippen molar-refractivity contribution < 1.29 is 18.0 Å². The summed E-state index contributed by atoms with van der Waals surface area (Å²) in [6, 6.07) is 19.2. The van der Waals surface area contributed by atoms with E-state index in [1.165, 1.54) is 6.07 Å². The van der Waals surface area contributed by atoms with Crippen LogP contribution in [0.25, 0.3) is 27.7 Å². The average Bonchev–Trinajstić information content (AvgIpc) is 3.36. The lowest BCUT2D eigenvalue weighted by Gasteiger charge is -2.34. The van der Waals surface area contributed by atoms with Gasteiger partial charge in [-0.3, -0.25) is 14.7 Å². The molecule has 1 aliphatic heterocycles. The summed E-state index contributed by atoms with van der Waals surface area (Å²) in [7, 11) is 0. The summed E-state index contributed by atoms with van der Waals surface area (Å²) >= 11 is 0. The molecule has 5 aromatic rings. The molecule has 3 aromatic heterocycles. The first-order valence-electron chi connectivity index (χ1n) is 12.2. The fourth-order valence-electron chi connectivity index (χ4n) is 4.80. The highest BCUT2D eigenvalue weighted by molar-refractivity contribution is 5.93. The first-order chi connectivity index (χ1) is 18.3. The second-order valence-electron chi connectivity index (χ2n) is 9.32. The molecule has 4 heterocycles. The minimum absolute atomic E-state index is 0.0263. The Morgan fingerprint density at radius 2 is 1.68 bits per heavy atom. The molecule has 2 aromatic carbocycles. The van der Waals surface area contributed by atoms with Gasteiger partial charge in [-0.2, -0.15) is 18.3 Å². The number of hydrogen-bond donors (Lipinski definition) is 0. The van der Waals surface area contributed by atoms with Gasteiger partial charge in [-0.05, 0) is 34.5 Å². The second kappa shape index (κ2) is 9.53. The van der Waals surface area contributed by atoms with Crippen LogP contribution in [0.1, 0.15) is 21.7 Å². The lowest BCUT2D eigenvalue weighted by atomic mass is 10.0. The Kier molecular flexibility index (Phi) is 6.03. The maximum absolute atomic E-state index is 14.1. The quantitative estimate of drug-likeness (QED) is 0.339. The molecule has 0 spiro atoms. The van der Waals surface area contributed by atoms with Crippen molar-refractivity contribution in [2.45, 2.75) is 12.7 Å². The van der Waals surface area contributed by atoms with Crippen molar-refractivity contribution in [1.82, 2.24) is 29.4 Å². The number of fused-ring (bicyclic) bond motifs is 2. The maximum Gasteiger partial charge on any atom is 0.433 e. The summed E-state index contributed by atoms with van der Waals surface area (Å²) in [6.45, 7) is 2.92. The van der Waals surface area contributed by atoms with Crippen LogP contribution in [0, 0.1) is 0 Å². The topological polar surface area (TPSA) is 66.6 Å². The Morgan fingerprint density at radius 3 is 2.42 bits per heavy atom. The lowest BCUT2D eigenvalue weighted by Crippen LogP contribution is -2.48. The number of alkyl halides is 3. The molecule has 1 aliphatic rings. The van der Waals surface area contributed by atoms with Gasteiger partial charge in [0.2, 0.25) is 0 Å². The number of carbonyl (C=O) groups excluding carboxylic acids is 1. The minimum Gasteiger partial charge on any atom is -0.335 e. The molecule has 0 atom stereocenters. The van der Waals surface area contributed by atoms with Gasteiger partial charge >= 0.3 is 6.18 Å². The summed E-state index contributed by atoms with van der Waals surface area (Å²) < 4.78 is 42.9. The van der Waals surface area contributed by atoms with E-state index >= 15 is 0 Å². The molecular weight excluding hydrogens is 493 g/mol. The molecule has 0 radical (unpaired) electrons. The number of hydrogen-bond acceptors (Lipinski definition) is 5. The van der Waals surface area contributed by atoms with Crippen LogP contribution < -0.4 is 0 Å². The highest BCUT2D eigenvalue weighted by Gasteiger charge is 2.36. The SMILES string of the molecule is O=C(c1cc2nc(-c3ccc4ccccc4c3)cc(C(F)(F)F)n2n1)N1CCN(Cc2cccnc2)CC1. The van der Waals surface area contributed by atoms with Gasteiger partial charge < -0.3 is 4.90 Å². The van der Waals surface area contributed by atoms with E-state index in [0.29, 0.717) is 31.7 Å². The van der Waals surface area contributed by atoms with Crippen LogP contribution in [0.5, 0.6) is 0 Å². The van der Waals surface area contributed by atoms with Gasteiger partial charge in [-0.1, -0.05) is 42.5 Å². The van der Waals surface area contributed by atoms with Gasteiger partial charge in [0.15, 0.2) is 17.0 Å². The second-order valence-corrected chi connectivity index (χ2v) is 9.32. The predicted octanol–water partition coefficient (Wildman–Crippen LogP) is 4.92. The zero-order valence-electron chi connectivity index (χ0n) is 20.3. The molecule has 0 bridgehead atoms. The fraction of sp³-hybridized carbons (Fsp3) is 0.214.